The highest BCUT2D eigenvalue weighted by Gasteiger charge is 2.31. The molecule has 0 aliphatic carbocycles. The number of thiophene rings is 1. The smallest absolute Gasteiger partial charge is 0.213 e. The maximum atomic E-state index is 11.9. The molecule has 0 N–H and O–H groups in total. The summed E-state index contributed by atoms with van der Waals surface area (Å²) in [6.45, 7) is 5.27. The lowest BCUT2D eigenvalue weighted by Crippen LogP contribution is -2.48. The summed E-state index contributed by atoms with van der Waals surface area (Å²) in [6, 6.07) is 2.79. The normalized spacial score (nSPS) is 22.9. The molecule has 20 heavy (non-hydrogen) atoms. The molecule has 1 aromatic rings. The van der Waals surface area contributed by atoms with Crippen LogP contribution in [0.25, 0.3) is 0 Å². The van der Waals surface area contributed by atoms with Gasteiger partial charge in [0.1, 0.15) is 0 Å². The van der Waals surface area contributed by atoms with E-state index in [2.05, 4.69) is 16.3 Å². The molecule has 0 aromatic carbocycles. The highest BCUT2D eigenvalue weighted by molar-refractivity contribution is 7.89. The maximum Gasteiger partial charge on any atom is 0.213 e. The Labute approximate surface area is 125 Å². The highest BCUT2D eigenvalue weighted by atomic mass is 32.2. The molecule has 0 radical (unpaired) electrons. The predicted molar refractivity (Wildman–Crippen MR) is 82.5 cm³/mol. The Morgan fingerprint density at radius 1 is 1.30 bits per heavy atom. The molecule has 0 unspecified atom stereocenters. The van der Waals surface area contributed by atoms with Crippen molar-refractivity contribution in [2.45, 2.75) is 38.8 Å². The SMILES string of the molecule is CCS(=O)(=O)N1CCC(N2CCc3sccc3C2)CC1. The Morgan fingerprint density at radius 3 is 2.75 bits per heavy atom. The zero-order valence-electron chi connectivity index (χ0n) is 11.9. The average molecular weight is 314 g/mol. The Hall–Kier alpha value is -0.430. The average Bonchev–Trinajstić information content (AvgIpc) is 2.94. The van der Waals surface area contributed by atoms with Gasteiger partial charge in [0.15, 0.2) is 0 Å². The zero-order valence-corrected chi connectivity index (χ0v) is 13.5. The standard InChI is InChI=1S/C14H22N2O2S2/c1-2-20(17,18)16-8-3-13(4-9-16)15-7-5-14-12(11-15)6-10-19-14/h6,10,13H,2-5,7-9,11H2,1H3. The van der Waals surface area contributed by atoms with E-state index in [9.17, 15) is 8.42 Å². The first-order chi connectivity index (χ1) is 9.60. The third kappa shape index (κ3) is 2.79. The van der Waals surface area contributed by atoms with E-state index >= 15 is 0 Å². The second-order valence-corrected chi connectivity index (χ2v) is 8.88. The van der Waals surface area contributed by atoms with Crippen molar-refractivity contribution in [3.05, 3.63) is 21.9 Å². The van der Waals surface area contributed by atoms with Gasteiger partial charge in [0.05, 0.1) is 5.75 Å². The number of hydrogen-bond acceptors (Lipinski definition) is 4. The summed E-state index contributed by atoms with van der Waals surface area (Å²) < 4.78 is 25.4. The summed E-state index contributed by atoms with van der Waals surface area (Å²) in [6.07, 6.45) is 3.10. The third-order valence-corrected chi connectivity index (χ3v) is 7.44. The van der Waals surface area contributed by atoms with Gasteiger partial charge in [0.2, 0.25) is 10.0 Å². The molecule has 0 saturated carbocycles. The fourth-order valence-electron chi connectivity index (χ4n) is 3.25. The minimum atomic E-state index is -3.00. The molecule has 1 saturated heterocycles. The van der Waals surface area contributed by atoms with Crippen molar-refractivity contribution in [2.24, 2.45) is 0 Å². The first-order valence-electron chi connectivity index (χ1n) is 7.37. The Kier molecular flexibility index (Phi) is 4.17. The van der Waals surface area contributed by atoms with Crippen molar-refractivity contribution < 1.29 is 8.42 Å². The van der Waals surface area contributed by atoms with E-state index in [0.717, 1.165) is 32.4 Å². The quantitative estimate of drug-likeness (QED) is 0.856. The zero-order chi connectivity index (χ0) is 14.2. The van der Waals surface area contributed by atoms with Crippen molar-refractivity contribution in [3.8, 4) is 0 Å². The van der Waals surface area contributed by atoms with Crippen LogP contribution in [0.4, 0.5) is 0 Å². The number of fused-ring (bicyclic) bond motifs is 1. The lowest BCUT2D eigenvalue weighted by molar-refractivity contribution is 0.127. The van der Waals surface area contributed by atoms with Gasteiger partial charge in [-0.25, -0.2) is 12.7 Å². The molecule has 0 amide bonds. The molecule has 3 heterocycles. The van der Waals surface area contributed by atoms with Gasteiger partial charge in [-0.05, 0) is 43.2 Å². The van der Waals surface area contributed by atoms with E-state index in [4.69, 9.17) is 0 Å². The summed E-state index contributed by atoms with van der Waals surface area (Å²) in [7, 11) is -3.00. The molecular weight excluding hydrogens is 292 g/mol. The highest BCUT2D eigenvalue weighted by Crippen LogP contribution is 2.28. The lowest BCUT2D eigenvalue weighted by atomic mass is 10.0. The fraction of sp³-hybridized carbons (Fsp3) is 0.714. The van der Waals surface area contributed by atoms with Crippen LogP contribution >= 0.6 is 11.3 Å². The monoisotopic (exact) mass is 314 g/mol. The molecule has 0 spiro atoms. The van der Waals surface area contributed by atoms with Gasteiger partial charge in [0, 0.05) is 37.1 Å². The van der Waals surface area contributed by atoms with E-state index in [0.29, 0.717) is 19.1 Å². The van der Waals surface area contributed by atoms with Gasteiger partial charge in [0.25, 0.3) is 0 Å². The van der Waals surface area contributed by atoms with Crippen LogP contribution in [0.5, 0.6) is 0 Å². The van der Waals surface area contributed by atoms with E-state index in [1.54, 1.807) is 11.2 Å². The first-order valence-corrected chi connectivity index (χ1v) is 9.86. The van der Waals surface area contributed by atoms with Gasteiger partial charge in [-0.3, -0.25) is 4.90 Å². The Morgan fingerprint density at radius 2 is 2.05 bits per heavy atom. The number of rotatable bonds is 3. The van der Waals surface area contributed by atoms with Crippen molar-refractivity contribution in [3.63, 3.8) is 0 Å². The molecule has 1 aromatic heterocycles. The second kappa shape index (κ2) is 5.75. The van der Waals surface area contributed by atoms with Gasteiger partial charge in [-0.15, -0.1) is 11.3 Å². The molecule has 0 bridgehead atoms. The van der Waals surface area contributed by atoms with Crippen LogP contribution in [0.3, 0.4) is 0 Å². The van der Waals surface area contributed by atoms with E-state index in [1.807, 2.05) is 11.3 Å². The van der Waals surface area contributed by atoms with Crippen molar-refractivity contribution >= 4 is 21.4 Å². The number of piperidine rings is 1. The molecule has 2 aliphatic heterocycles. The van der Waals surface area contributed by atoms with Crippen LogP contribution < -0.4 is 0 Å². The van der Waals surface area contributed by atoms with Crippen molar-refractivity contribution in [2.75, 3.05) is 25.4 Å². The second-order valence-electron chi connectivity index (χ2n) is 5.62. The summed E-state index contributed by atoms with van der Waals surface area (Å²) in [5.41, 5.74) is 1.48. The summed E-state index contributed by atoms with van der Waals surface area (Å²) in [5.74, 6) is 0.222. The van der Waals surface area contributed by atoms with Crippen LogP contribution in [0.2, 0.25) is 0 Å². The molecule has 3 rings (SSSR count). The van der Waals surface area contributed by atoms with Crippen molar-refractivity contribution in [1.82, 2.24) is 9.21 Å². The van der Waals surface area contributed by atoms with Crippen LogP contribution in [-0.4, -0.2) is 49.1 Å². The number of hydrogen-bond donors (Lipinski definition) is 0. The maximum absolute atomic E-state index is 11.9. The van der Waals surface area contributed by atoms with Crippen LogP contribution in [-0.2, 0) is 23.0 Å². The molecule has 4 nitrogen and oxygen atoms in total. The molecule has 112 valence electrons. The Bertz CT molecular complexity index is 559. The van der Waals surface area contributed by atoms with E-state index in [1.165, 1.54) is 10.4 Å². The van der Waals surface area contributed by atoms with Crippen molar-refractivity contribution in [1.29, 1.82) is 0 Å². The first kappa shape index (κ1) is 14.5. The van der Waals surface area contributed by atoms with Gasteiger partial charge >= 0.3 is 0 Å². The summed E-state index contributed by atoms with van der Waals surface area (Å²) in [5, 5.41) is 2.19. The van der Waals surface area contributed by atoms with Gasteiger partial charge < -0.3 is 0 Å². The van der Waals surface area contributed by atoms with Crippen LogP contribution in [0.1, 0.15) is 30.2 Å². The Balaban J connectivity index is 1.60. The molecule has 2 aliphatic rings. The third-order valence-electron chi connectivity index (χ3n) is 4.54. The molecule has 6 heteroatoms. The lowest BCUT2D eigenvalue weighted by Gasteiger charge is -2.39. The molecular formula is C14H22N2O2S2. The van der Waals surface area contributed by atoms with Crippen LogP contribution in [0, 0.1) is 0 Å². The minimum Gasteiger partial charge on any atom is -0.296 e. The number of sulfonamides is 1. The van der Waals surface area contributed by atoms with Gasteiger partial charge in [-0.2, -0.15) is 0 Å². The minimum absolute atomic E-state index is 0.222. The summed E-state index contributed by atoms with van der Waals surface area (Å²) in [4.78, 5) is 4.08. The fourth-order valence-corrected chi connectivity index (χ4v) is 5.27. The molecule has 0 atom stereocenters. The largest absolute Gasteiger partial charge is 0.296 e. The van der Waals surface area contributed by atoms with Crippen LogP contribution in [0.15, 0.2) is 11.4 Å². The molecule has 1 fully saturated rings. The summed E-state index contributed by atoms with van der Waals surface area (Å²) >= 11 is 1.87. The van der Waals surface area contributed by atoms with Gasteiger partial charge in [-0.1, -0.05) is 0 Å². The predicted octanol–water partition coefficient (Wildman–Crippen LogP) is 1.92. The topological polar surface area (TPSA) is 40.6 Å². The van der Waals surface area contributed by atoms with E-state index in [-0.39, 0.29) is 5.75 Å². The van der Waals surface area contributed by atoms with E-state index < -0.39 is 10.0 Å². The number of nitrogens with zero attached hydrogens (tertiary/aromatic N) is 2.